The van der Waals surface area contributed by atoms with Crippen molar-refractivity contribution in [3.05, 3.63) is 24.3 Å². The normalized spacial score (nSPS) is 12.2. The first kappa shape index (κ1) is 11.9. The molecule has 0 amide bonds. The summed E-state index contributed by atoms with van der Waals surface area (Å²) < 4.78 is 5.51. The highest BCUT2D eigenvalue weighted by Gasteiger charge is 2.03. The number of para-hydroxylation sites is 2. The Morgan fingerprint density at radius 3 is 2.80 bits per heavy atom. The lowest BCUT2D eigenvalue weighted by molar-refractivity contribution is 0.341. The molecule has 0 bridgehead atoms. The van der Waals surface area contributed by atoms with Crippen LogP contribution >= 0.6 is 0 Å². The molecule has 1 rings (SSSR count). The van der Waals surface area contributed by atoms with Gasteiger partial charge in [0.1, 0.15) is 5.75 Å². The van der Waals surface area contributed by atoms with Gasteiger partial charge in [-0.3, -0.25) is 0 Å². The van der Waals surface area contributed by atoms with Crippen LogP contribution in [-0.4, -0.2) is 19.7 Å². The zero-order valence-corrected chi connectivity index (χ0v) is 9.49. The molecule has 3 nitrogen and oxygen atoms in total. The Balaban J connectivity index is 2.58. The van der Waals surface area contributed by atoms with E-state index in [0.29, 0.717) is 19.1 Å². The smallest absolute Gasteiger partial charge is 0.142 e. The number of nitrogens with two attached hydrogens (primary N) is 1. The largest absolute Gasteiger partial charge is 0.492 e. The molecule has 1 atom stereocenters. The Morgan fingerprint density at radius 1 is 1.40 bits per heavy atom. The number of anilines is 1. The second-order valence-corrected chi connectivity index (χ2v) is 3.65. The van der Waals surface area contributed by atoms with Crippen molar-refractivity contribution in [3.8, 4) is 5.75 Å². The summed E-state index contributed by atoms with van der Waals surface area (Å²) in [4.78, 5) is 0. The van der Waals surface area contributed by atoms with Gasteiger partial charge in [0.05, 0.1) is 12.3 Å². The minimum atomic E-state index is 0.472. The maximum atomic E-state index is 5.56. The van der Waals surface area contributed by atoms with Crippen molar-refractivity contribution in [3.63, 3.8) is 0 Å². The Kier molecular flexibility index (Phi) is 4.98. The van der Waals surface area contributed by atoms with Crippen LogP contribution in [0.3, 0.4) is 0 Å². The van der Waals surface area contributed by atoms with E-state index >= 15 is 0 Å². The predicted octanol–water partition coefficient (Wildman–Crippen LogP) is 2.09. The van der Waals surface area contributed by atoms with Crippen LogP contribution in [0, 0.1) is 5.92 Å². The number of rotatable bonds is 6. The molecule has 0 aliphatic carbocycles. The number of hydrogen-bond acceptors (Lipinski definition) is 3. The van der Waals surface area contributed by atoms with Crippen molar-refractivity contribution in [2.45, 2.75) is 13.8 Å². The molecule has 0 heterocycles. The van der Waals surface area contributed by atoms with Gasteiger partial charge in [0.25, 0.3) is 0 Å². The second-order valence-electron chi connectivity index (χ2n) is 3.65. The Hall–Kier alpha value is -1.22. The molecule has 0 aliphatic heterocycles. The maximum Gasteiger partial charge on any atom is 0.142 e. The van der Waals surface area contributed by atoms with Crippen LogP contribution in [0.2, 0.25) is 0 Å². The Labute approximate surface area is 91.6 Å². The minimum absolute atomic E-state index is 0.472. The summed E-state index contributed by atoms with van der Waals surface area (Å²) in [7, 11) is 0. The highest BCUT2D eigenvalue weighted by Crippen LogP contribution is 2.23. The Morgan fingerprint density at radius 2 is 2.13 bits per heavy atom. The van der Waals surface area contributed by atoms with E-state index in [1.165, 1.54) is 0 Å². The second kappa shape index (κ2) is 6.30. The first-order valence-corrected chi connectivity index (χ1v) is 5.43. The molecular formula is C12H20N2O. The van der Waals surface area contributed by atoms with E-state index in [9.17, 15) is 0 Å². The lowest BCUT2D eigenvalue weighted by atomic mass is 10.2. The highest BCUT2D eigenvalue weighted by molar-refractivity contribution is 5.56. The summed E-state index contributed by atoms with van der Waals surface area (Å²) in [6.45, 7) is 6.37. The van der Waals surface area contributed by atoms with Gasteiger partial charge in [-0.25, -0.2) is 0 Å². The Bertz CT molecular complexity index is 289. The van der Waals surface area contributed by atoms with Crippen LogP contribution in [0.5, 0.6) is 5.75 Å². The number of nitrogens with one attached hydrogen (secondary N) is 1. The third kappa shape index (κ3) is 3.80. The molecule has 1 aromatic carbocycles. The average Bonchev–Trinajstić information content (AvgIpc) is 2.28. The van der Waals surface area contributed by atoms with E-state index in [1.807, 2.05) is 31.2 Å². The number of hydrogen-bond donors (Lipinski definition) is 2. The molecule has 0 saturated carbocycles. The van der Waals surface area contributed by atoms with E-state index in [1.54, 1.807) is 0 Å². The summed E-state index contributed by atoms with van der Waals surface area (Å²) in [5, 5.41) is 3.34. The summed E-state index contributed by atoms with van der Waals surface area (Å²) in [6.07, 6.45) is 0. The molecule has 3 N–H and O–H groups in total. The van der Waals surface area contributed by atoms with E-state index in [4.69, 9.17) is 10.5 Å². The quantitative estimate of drug-likeness (QED) is 0.752. The topological polar surface area (TPSA) is 47.3 Å². The van der Waals surface area contributed by atoms with Crippen molar-refractivity contribution < 1.29 is 4.74 Å². The fraction of sp³-hybridized carbons (Fsp3) is 0.500. The fourth-order valence-corrected chi connectivity index (χ4v) is 1.26. The first-order valence-electron chi connectivity index (χ1n) is 5.43. The zero-order valence-electron chi connectivity index (χ0n) is 9.49. The molecule has 0 fully saturated rings. The van der Waals surface area contributed by atoms with Gasteiger partial charge in [-0.15, -0.1) is 0 Å². The van der Waals surface area contributed by atoms with Crippen molar-refractivity contribution in [2.24, 2.45) is 11.7 Å². The van der Waals surface area contributed by atoms with Crippen LogP contribution in [0.15, 0.2) is 24.3 Å². The lowest BCUT2D eigenvalue weighted by Crippen LogP contribution is -2.20. The van der Waals surface area contributed by atoms with Gasteiger partial charge in [0, 0.05) is 6.54 Å². The van der Waals surface area contributed by atoms with Gasteiger partial charge in [-0.2, -0.15) is 0 Å². The molecule has 1 unspecified atom stereocenters. The zero-order chi connectivity index (χ0) is 11.1. The van der Waals surface area contributed by atoms with Gasteiger partial charge in [-0.05, 0) is 31.5 Å². The van der Waals surface area contributed by atoms with Gasteiger partial charge < -0.3 is 15.8 Å². The monoisotopic (exact) mass is 208 g/mol. The number of benzene rings is 1. The van der Waals surface area contributed by atoms with E-state index in [-0.39, 0.29) is 0 Å². The molecule has 0 saturated heterocycles. The van der Waals surface area contributed by atoms with Crippen molar-refractivity contribution in [1.82, 2.24) is 0 Å². The summed E-state index contributed by atoms with van der Waals surface area (Å²) in [6, 6.07) is 7.97. The first-order chi connectivity index (χ1) is 7.27. The molecule has 1 aromatic rings. The molecule has 0 aromatic heterocycles. The van der Waals surface area contributed by atoms with Crippen LogP contribution in [0.1, 0.15) is 13.8 Å². The van der Waals surface area contributed by atoms with Crippen molar-refractivity contribution in [2.75, 3.05) is 25.0 Å². The third-order valence-corrected chi connectivity index (χ3v) is 2.23. The number of ether oxygens (including phenoxy) is 1. The third-order valence-electron chi connectivity index (χ3n) is 2.23. The molecule has 0 aliphatic rings. The molecule has 0 radical (unpaired) electrons. The van der Waals surface area contributed by atoms with Gasteiger partial charge in [0.15, 0.2) is 0 Å². The molecule has 0 spiro atoms. The molecule has 15 heavy (non-hydrogen) atoms. The van der Waals surface area contributed by atoms with Gasteiger partial charge >= 0.3 is 0 Å². The van der Waals surface area contributed by atoms with Gasteiger partial charge in [-0.1, -0.05) is 19.1 Å². The highest BCUT2D eigenvalue weighted by atomic mass is 16.5. The maximum absolute atomic E-state index is 5.56. The molecular weight excluding hydrogens is 188 g/mol. The summed E-state index contributed by atoms with van der Waals surface area (Å²) >= 11 is 0. The SMILES string of the molecule is CCOc1ccccc1NCC(C)CN. The van der Waals surface area contributed by atoms with Crippen LogP contribution < -0.4 is 15.8 Å². The summed E-state index contributed by atoms with van der Waals surface area (Å²) in [5.41, 5.74) is 6.60. The minimum Gasteiger partial charge on any atom is -0.492 e. The van der Waals surface area contributed by atoms with Gasteiger partial charge in [0.2, 0.25) is 0 Å². The molecule has 84 valence electrons. The van der Waals surface area contributed by atoms with E-state index in [2.05, 4.69) is 12.2 Å². The van der Waals surface area contributed by atoms with E-state index in [0.717, 1.165) is 18.0 Å². The van der Waals surface area contributed by atoms with Crippen LogP contribution in [-0.2, 0) is 0 Å². The standard InChI is InChI=1S/C12H20N2O/c1-3-15-12-7-5-4-6-11(12)14-9-10(2)8-13/h4-7,10,14H,3,8-9,13H2,1-2H3. The molecule has 3 heteroatoms. The fourth-order valence-electron chi connectivity index (χ4n) is 1.26. The summed E-state index contributed by atoms with van der Waals surface area (Å²) in [5.74, 6) is 1.38. The van der Waals surface area contributed by atoms with Crippen molar-refractivity contribution in [1.29, 1.82) is 0 Å². The van der Waals surface area contributed by atoms with Crippen LogP contribution in [0.25, 0.3) is 0 Å². The lowest BCUT2D eigenvalue weighted by Gasteiger charge is -2.14. The average molecular weight is 208 g/mol. The predicted molar refractivity (Wildman–Crippen MR) is 64.3 cm³/mol. The van der Waals surface area contributed by atoms with Crippen molar-refractivity contribution >= 4 is 5.69 Å². The van der Waals surface area contributed by atoms with E-state index < -0.39 is 0 Å². The van der Waals surface area contributed by atoms with Crippen LogP contribution in [0.4, 0.5) is 5.69 Å².